The Morgan fingerprint density at radius 1 is 0.677 bits per heavy atom. The highest BCUT2D eigenvalue weighted by Crippen LogP contribution is 2.50. The molecule has 362 valence electrons. The van der Waals surface area contributed by atoms with E-state index in [9.17, 15) is 15.8 Å². The number of nitriles is 3. The summed E-state index contributed by atoms with van der Waals surface area (Å²) in [5.41, 5.74) is -2.78. The molecule has 16 heteroatoms. The van der Waals surface area contributed by atoms with Crippen LogP contribution in [0.1, 0.15) is 139 Å². The lowest BCUT2D eigenvalue weighted by atomic mass is 9.79. The molecule has 1 aromatic carbocycles. The summed E-state index contributed by atoms with van der Waals surface area (Å²) in [6.07, 6.45) is 0.555. The van der Waals surface area contributed by atoms with Crippen LogP contribution in [0.2, 0.25) is 18.1 Å². The van der Waals surface area contributed by atoms with Crippen LogP contribution in [-0.2, 0) is 58.4 Å². The summed E-state index contributed by atoms with van der Waals surface area (Å²) in [6.45, 7) is 24.9. The van der Waals surface area contributed by atoms with E-state index in [0.29, 0.717) is 56.2 Å². The third-order valence-corrected chi connectivity index (χ3v) is 19.0. The molecule has 5 heterocycles. The molecule has 0 N–H and O–H groups in total. The van der Waals surface area contributed by atoms with Gasteiger partial charge in [0.25, 0.3) is 0 Å². The molecule has 5 saturated heterocycles. The lowest BCUT2D eigenvalue weighted by molar-refractivity contribution is -0.404. The Balaban J connectivity index is 1.20. The monoisotopic (exact) mass is 1040 g/mol. The second-order valence-electron chi connectivity index (χ2n) is 22.0. The van der Waals surface area contributed by atoms with Crippen molar-refractivity contribution in [2.75, 3.05) is 11.0 Å². The van der Waals surface area contributed by atoms with Gasteiger partial charge in [-0.05, 0) is 85.0 Å². The van der Waals surface area contributed by atoms with Gasteiger partial charge >= 0.3 is 0 Å². The Bertz CT molecular complexity index is 1910. The van der Waals surface area contributed by atoms with Gasteiger partial charge < -0.3 is 51.8 Å². The van der Waals surface area contributed by atoms with Crippen molar-refractivity contribution in [1.82, 2.24) is 0 Å². The van der Waals surface area contributed by atoms with Crippen molar-refractivity contribution in [3.8, 4) is 18.2 Å². The standard InChI is InChI=1S/C49H74IN3O11Si/c1-34-55-48(33-53,30-49(56-34)27-39(62-65(11,12)42(2,3)4)20-36(61-49)18-19-54-29-35-16-14-13-15-17-35)25-40-24-46(31-51,63-44(7,8)59-40)22-37-21-38(58-43(5,6)57-37)23-47(32-52)26-41(28-50)60-45(9,10)64-47/h13-17,34,36-41H,18-30H2,1-12H3/t34-,36-,37+,38+,39+,40-,41-,46+,47+,48+,49-/m1/s1. The first-order valence-electron chi connectivity index (χ1n) is 23.4. The maximum atomic E-state index is 11.2. The van der Waals surface area contributed by atoms with Crippen LogP contribution in [0, 0.1) is 34.0 Å². The second kappa shape index (κ2) is 19.9. The number of halogens is 1. The topological polar surface area (TPSA) is 173 Å². The summed E-state index contributed by atoms with van der Waals surface area (Å²) in [7, 11) is -2.22. The van der Waals surface area contributed by atoms with Gasteiger partial charge in [0.2, 0.25) is 0 Å². The van der Waals surface area contributed by atoms with E-state index in [2.05, 4.69) is 74.7 Å². The maximum Gasteiger partial charge on any atom is 0.192 e. The minimum absolute atomic E-state index is 0.0208. The third kappa shape index (κ3) is 13.5. The van der Waals surface area contributed by atoms with Crippen molar-refractivity contribution in [1.29, 1.82) is 15.8 Å². The first kappa shape index (κ1) is 52.6. The number of benzene rings is 1. The Morgan fingerprint density at radius 3 is 1.77 bits per heavy atom. The molecule has 1 aromatic rings. The predicted octanol–water partition coefficient (Wildman–Crippen LogP) is 10.0. The molecule has 65 heavy (non-hydrogen) atoms. The van der Waals surface area contributed by atoms with Gasteiger partial charge in [-0.1, -0.05) is 73.7 Å². The number of hydrogen-bond donors (Lipinski definition) is 0. The molecular weight excluding hydrogens is 962 g/mol. The van der Waals surface area contributed by atoms with Gasteiger partial charge in [0, 0.05) is 62.4 Å². The largest absolute Gasteiger partial charge is 0.414 e. The van der Waals surface area contributed by atoms with Crippen molar-refractivity contribution in [2.24, 2.45) is 0 Å². The lowest BCUT2D eigenvalue weighted by Crippen LogP contribution is -2.62. The summed E-state index contributed by atoms with van der Waals surface area (Å²) in [5.74, 6) is -4.35. The van der Waals surface area contributed by atoms with Gasteiger partial charge in [0.05, 0.1) is 61.4 Å². The molecule has 0 aliphatic carbocycles. The number of alkyl halides is 1. The zero-order valence-electron chi connectivity index (χ0n) is 40.8. The third-order valence-electron chi connectivity index (χ3n) is 13.5. The van der Waals surface area contributed by atoms with Crippen molar-refractivity contribution < 1.29 is 51.8 Å². The molecule has 5 fully saturated rings. The van der Waals surface area contributed by atoms with Crippen LogP contribution in [0.3, 0.4) is 0 Å². The van der Waals surface area contributed by atoms with E-state index >= 15 is 0 Å². The summed E-state index contributed by atoms with van der Waals surface area (Å²) in [6, 6.07) is 17.6. The van der Waals surface area contributed by atoms with E-state index < -0.39 is 72.9 Å². The van der Waals surface area contributed by atoms with E-state index in [1.165, 1.54) is 0 Å². The van der Waals surface area contributed by atoms with Crippen LogP contribution in [0.25, 0.3) is 0 Å². The number of nitrogens with zero attached hydrogens (tertiary/aromatic N) is 3. The van der Waals surface area contributed by atoms with E-state index in [1.54, 1.807) is 20.8 Å². The van der Waals surface area contributed by atoms with Crippen molar-refractivity contribution in [3.63, 3.8) is 0 Å². The summed E-state index contributed by atoms with van der Waals surface area (Å²) in [5, 5.41) is 32.7. The highest BCUT2D eigenvalue weighted by Gasteiger charge is 2.59. The first-order valence-corrected chi connectivity index (χ1v) is 27.9. The SMILES string of the molecule is C[C@@H]1O[C@@](C#N)(C[C@H]2C[C@](C#N)(C[C@@H]3C[C@@H](C[C@@]4(C#N)C[C@H](CI)OC(C)(C)O4)OC(C)(C)O3)OC(C)(C)O2)C[C@]2(C[C@@H](O[Si](C)(C)C(C)(C)C)C[C@@H](CCOCc3ccccc3)O2)O1. The molecular formula is C49H74IN3O11Si. The van der Waals surface area contributed by atoms with Crippen LogP contribution in [-0.4, -0.2) is 102 Å². The van der Waals surface area contributed by atoms with Crippen LogP contribution < -0.4 is 0 Å². The molecule has 1 spiro atoms. The Labute approximate surface area is 402 Å². The molecule has 0 saturated carbocycles. The van der Waals surface area contributed by atoms with Crippen LogP contribution >= 0.6 is 22.6 Å². The molecule has 5 aliphatic rings. The van der Waals surface area contributed by atoms with E-state index in [4.69, 9.17) is 51.8 Å². The van der Waals surface area contributed by atoms with Crippen molar-refractivity contribution in [2.45, 2.75) is 241 Å². The number of hydrogen-bond acceptors (Lipinski definition) is 14. The van der Waals surface area contributed by atoms with Gasteiger partial charge in [-0.3, -0.25) is 0 Å². The average molecular weight is 1040 g/mol. The Kier molecular flexibility index (Phi) is 16.1. The molecule has 0 radical (unpaired) electrons. The average Bonchev–Trinajstić information content (AvgIpc) is 3.16. The second-order valence-corrected chi connectivity index (χ2v) is 27.6. The quantitative estimate of drug-likeness (QED) is 0.0746. The first-order chi connectivity index (χ1) is 30.2. The highest BCUT2D eigenvalue weighted by atomic mass is 127. The van der Waals surface area contributed by atoms with Crippen LogP contribution in [0.4, 0.5) is 0 Å². The Morgan fingerprint density at radius 2 is 1.22 bits per heavy atom. The van der Waals surface area contributed by atoms with Gasteiger partial charge in [-0.15, -0.1) is 0 Å². The van der Waals surface area contributed by atoms with Crippen LogP contribution in [0.5, 0.6) is 0 Å². The normalized spacial score (nSPS) is 38.3. The summed E-state index contributed by atoms with van der Waals surface area (Å²) in [4.78, 5) is 0. The van der Waals surface area contributed by atoms with Crippen molar-refractivity contribution >= 4 is 30.9 Å². The minimum atomic E-state index is -2.22. The van der Waals surface area contributed by atoms with Crippen LogP contribution in [0.15, 0.2) is 30.3 Å². The number of ether oxygens (including phenoxy) is 10. The molecule has 0 bridgehead atoms. The maximum absolute atomic E-state index is 11.2. The zero-order chi connectivity index (χ0) is 47.7. The molecule has 0 unspecified atom stereocenters. The molecule has 14 nitrogen and oxygen atoms in total. The predicted molar refractivity (Wildman–Crippen MR) is 251 cm³/mol. The molecule has 0 aromatic heterocycles. The molecule has 5 aliphatic heterocycles. The molecule has 11 atom stereocenters. The lowest BCUT2D eigenvalue weighted by Gasteiger charge is -2.54. The highest BCUT2D eigenvalue weighted by molar-refractivity contribution is 14.1. The van der Waals surface area contributed by atoms with Gasteiger partial charge in [0.1, 0.15) is 0 Å². The fraction of sp³-hybridized carbons (Fsp3) is 0.816. The smallest absolute Gasteiger partial charge is 0.192 e. The van der Waals surface area contributed by atoms with E-state index in [1.807, 2.05) is 58.0 Å². The van der Waals surface area contributed by atoms with Gasteiger partial charge in [-0.25, -0.2) is 0 Å². The molecule has 6 rings (SSSR count). The van der Waals surface area contributed by atoms with E-state index in [-0.39, 0.29) is 49.0 Å². The molecule has 0 amide bonds. The van der Waals surface area contributed by atoms with E-state index in [0.717, 1.165) is 5.56 Å². The summed E-state index contributed by atoms with van der Waals surface area (Å²) < 4.78 is 72.6. The minimum Gasteiger partial charge on any atom is -0.414 e. The van der Waals surface area contributed by atoms with Crippen molar-refractivity contribution in [3.05, 3.63) is 35.9 Å². The fourth-order valence-corrected chi connectivity index (χ4v) is 12.3. The van der Waals surface area contributed by atoms with Gasteiger partial charge in [-0.2, -0.15) is 15.8 Å². The zero-order valence-corrected chi connectivity index (χ0v) is 44.0. The van der Waals surface area contributed by atoms with Gasteiger partial charge in [0.15, 0.2) is 54.6 Å². The Hall–Kier alpha value is -1.80. The number of rotatable bonds is 14. The fourth-order valence-electron chi connectivity index (χ4n) is 10.5. The summed E-state index contributed by atoms with van der Waals surface area (Å²) >= 11 is 2.28.